The number of allylic oxidation sites excluding steroid dienone is 2. The van der Waals surface area contributed by atoms with Crippen LogP contribution in [0.3, 0.4) is 0 Å². The molecule has 2 atom stereocenters. The fourth-order valence-corrected chi connectivity index (χ4v) is 5.37. The van der Waals surface area contributed by atoms with Gasteiger partial charge in [-0.2, -0.15) is 0 Å². The van der Waals surface area contributed by atoms with Crippen LogP contribution in [0.25, 0.3) is 16.1 Å². The summed E-state index contributed by atoms with van der Waals surface area (Å²) in [6.07, 6.45) is 5.90. The van der Waals surface area contributed by atoms with Crippen molar-refractivity contribution in [2.45, 2.75) is 39.5 Å². The molecule has 2 aromatic rings. The van der Waals surface area contributed by atoms with Crippen LogP contribution in [-0.2, 0) is 25.5 Å². The third-order valence-electron chi connectivity index (χ3n) is 5.70. The summed E-state index contributed by atoms with van der Waals surface area (Å²) < 4.78 is 10.8. The van der Waals surface area contributed by atoms with E-state index in [4.69, 9.17) is 26.1 Å². The predicted octanol–water partition coefficient (Wildman–Crippen LogP) is 5.83. The van der Waals surface area contributed by atoms with Gasteiger partial charge in [-0.25, -0.2) is 9.78 Å². The topological polar surface area (TPSA) is 65.5 Å². The molecule has 31 heavy (non-hydrogen) atoms. The minimum absolute atomic E-state index is 0.0202. The van der Waals surface area contributed by atoms with Gasteiger partial charge in [0, 0.05) is 27.3 Å². The van der Waals surface area contributed by atoms with Crippen LogP contribution in [0.4, 0.5) is 0 Å². The second-order valence-corrected chi connectivity index (χ2v) is 9.15. The summed E-state index contributed by atoms with van der Waals surface area (Å²) >= 11 is 7.61. The number of hydrogen-bond acceptors (Lipinski definition) is 6. The first kappa shape index (κ1) is 21.8. The van der Waals surface area contributed by atoms with Gasteiger partial charge in [-0.1, -0.05) is 30.7 Å². The molecule has 162 valence electrons. The molecule has 0 spiro atoms. The van der Waals surface area contributed by atoms with E-state index < -0.39 is 5.97 Å². The predicted molar refractivity (Wildman–Crippen MR) is 122 cm³/mol. The Morgan fingerprint density at radius 1 is 1.23 bits per heavy atom. The Balaban J connectivity index is 1.75. The van der Waals surface area contributed by atoms with E-state index in [-0.39, 0.29) is 17.6 Å². The number of halogens is 1. The second-order valence-electron chi connectivity index (χ2n) is 7.63. The minimum atomic E-state index is -0.469. The van der Waals surface area contributed by atoms with E-state index in [0.29, 0.717) is 28.7 Å². The molecule has 5 nitrogen and oxygen atoms in total. The maximum Gasteiger partial charge on any atom is 0.333 e. The number of carbonyl (C=O) groups excluding carboxylic acids is 2. The van der Waals surface area contributed by atoms with Gasteiger partial charge in [0.2, 0.25) is 0 Å². The number of carbonyl (C=O) groups is 2. The lowest BCUT2D eigenvalue weighted by molar-refractivity contribution is -0.137. The third-order valence-corrected chi connectivity index (χ3v) is 7.20. The number of benzene rings is 1. The van der Waals surface area contributed by atoms with Crippen LogP contribution in [0.15, 0.2) is 42.4 Å². The van der Waals surface area contributed by atoms with Crippen LogP contribution in [0.5, 0.6) is 0 Å². The molecular weight excluding hydrogens is 434 g/mol. The molecule has 1 aromatic heterocycles. The number of aryl methyl sites for hydroxylation is 1. The Bertz CT molecular complexity index is 1050. The standard InChI is InChI=1S/C24H24ClNO4S/c1-3-18-21(26-24(31-18)14-7-9-17(25)10-8-14)20-22(28)15-5-6-16(13-15)23(20)30-12-11-19(27)29-4-2/h7-12,15-16H,3-6,13H2,1-2H3/t15-,16+/m0/s1. The molecule has 0 amide bonds. The SMILES string of the molecule is CCOC(=O)C=COC1=C(c2nc(-c3ccc(Cl)cc3)sc2CC)C(=O)[C@H]2CC[C@@H]1C2. The van der Waals surface area contributed by atoms with Gasteiger partial charge in [0.1, 0.15) is 10.8 Å². The van der Waals surface area contributed by atoms with Crippen molar-refractivity contribution >= 4 is 40.3 Å². The van der Waals surface area contributed by atoms with Gasteiger partial charge < -0.3 is 9.47 Å². The normalized spacial score (nSPS) is 20.5. The number of nitrogens with zero attached hydrogens (tertiary/aromatic N) is 1. The van der Waals surface area contributed by atoms with Gasteiger partial charge in [0.25, 0.3) is 0 Å². The van der Waals surface area contributed by atoms with Crippen molar-refractivity contribution in [1.29, 1.82) is 0 Å². The van der Waals surface area contributed by atoms with Crippen molar-refractivity contribution in [2.75, 3.05) is 6.61 Å². The zero-order valence-electron chi connectivity index (χ0n) is 17.5. The molecule has 1 saturated carbocycles. The first-order valence-electron chi connectivity index (χ1n) is 10.6. The number of rotatable bonds is 7. The van der Waals surface area contributed by atoms with E-state index in [1.807, 2.05) is 24.3 Å². The molecule has 0 aliphatic heterocycles. The Morgan fingerprint density at radius 2 is 1.97 bits per heavy atom. The largest absolute Gasteiger partial charge is 0.468 e. The zero-order chi connectivity index (χ0) is 22.0. The molecular formula is C24H24ClNO4S. The molecule has 0 N–H and O–H groups in total. The van der Waals surface area contributed by atoms with Crippen molar-refractivity contribution in [2.24, 2.45) is 11.8 Å². The first-order valence-corrected chi connectivity index (χ1v) is 11.8. The van der Waals surface area contributed by atoms with E-state index in [1.54, 1.807) is 18.3 Å². The Kier molecular flexibility index (Phi) is 6.58. The maximum absolute atomic E-state index is 13.3. The molecule has 1 fully saturated rings. The van der Waals surface area contributed by atoms with E-state index in [1.165, 1.54) is 12.3 Å². The average Bonchev–Trinajstić information content (AvgIpc) is 3.38. The van der Waals surface area contributed by atoms with Gasteiger partial charge in [0.15, 0.2) is 5.78 Å². The molecule has 1 aromatic carbocycles. The van der Waals surface area contributed by atoms with Crippen molar-refractivity contribution in [3.05, 3.63) is 58.0 Å². The molecule has 1 heterocycles. The molecule has 0 radical (unpaired) electrons. The number of aromatic nitrogens is 1. The fraction of sp³-hybridized carbons (Fsp3) is 0.375. The summed E-state index contributed by atoms with van der Waals surface area (Å²) in [5, 5.41) is 1.52. The molecule has 2 aliphatic rings. The highest BCUT2D eigenvalue weighted by atomic mass is 35.5. The van der Waals surface area contributed by atoms with Crippen LogP contribution < -0.4 is 0 Å². The molecule has 2 bridgehead atoms. The lowest BCUT2D eigenvalue weighted by atomic mass is 9.84. The lowest BCUT2D eigenvalue weighted by Crippen LogP contribution is -2.22. The second kappa shape index (κ2) is 9.37. The van der Waals surface area contributed by atoms with Gasteiger partial charge in [-0.3, -0.25) is 4.79 Å². The number of hydrogen-bond donors (Lipinski definition) is 0. The maximum atomic E-state index is 13.3. The highest BCUT2D eigenvalue weighted by molar-refractivity contribution is 7.15. The van der Waals surface area contributed by atoms with Crippen molar-refractivity contribution in [3.8, 4) is 10.6 Å². The van der Waals surface area contributed by atoms with Crippen molar-refractivity contribution < 1.29 is 19.1 Å². The highest BCUT2D eigenvalue weighted by Crippen LogP contribution is 2.48. The summed E-state index contributed by atoms with van der Waals surface area (Å²) in [4.78, 5) is 30.9. The Hall–Kier alpha value is -2.44. The van der Waals surface area contributed by atoms with Gasteiger partial charge >= 0.3 is 5.97 Å². The average molecular weight is 458 g/mol. The Labute approximate surface area is 190 Å². The molecule has 7 heteroatoms. The third kappa shape index (κ3) is 4.46. The van der Waals surface area contributed by atoms with E-state index in [0.717, 1.165) is 41.1 Å². The van der Waals surface area contributed by atoms with Crippen LogP contribution in [-0.4, -0.2) is 23.3 Å². The highest BCUT2D eigenvalue weighted by Gasteiger charge is 2.43. The molecule has 0 unspecified atom stereocenters. The van der Waals surface area contributed by atoms with E-state index >= 15 is 0 Å². The molecule has 2 aliphatic carbocycles. The fourth-order valence-electron chi connectivity index (χ4n) is 4.23. The quantitative estimate of drug-likeness (QED) is 0.297. The van der Waals surface area contributed by atoms with Crippen molar-refractivity contribution in [1.82, 2.24) is 4.98 Å². The first-order chi connectivity index (χ1) is 15.0. The molecule has 4 rings (SSSR count). The summed E-state index contributed by atoms with van der Waals surface area (Å²) in [5.74, 6) is 0.434. The van der Waals surface area contributed by atoms with Crippen molar-refractivity contribution in [3.63, 3.8) is 0 Å². The smallest absolute Gasteiger partial charge is 0.333 e. The number of ether oxygens (including phenoxy) is 2. The zero-order valence-corrected chi connectivity index (χ0v) is 19.1. The number of thiazole rings is 1. The van der Waals surface area contributed by atoms with Gasteiger partial charge in [-0.05, 0) is 44.7 Å². The monoisotopic (exact) mass is 457 g/mol. The number of Topliss-reactive ketones (excluding diaryl/α,β-unsaturated/α-hetero) is 1. The van der Waals surface area contributed by atoms with E-state index in [9.17, 15) is 9.59 Å². The Morgan fingerprint density at radius 3 is 2.68 bits per heavy atom. The van der Waals surface area contributed by atoms with Crippen LogP contribution in [0, 0.1) is 11.8 Å². The number of esters is 1. The number of ketones is 1. The van der Waals surface area contributed by atoms with Gasteiger partial charge in [-0.15, -0.1) is 11.3 Å². The van der Waals surface area contributed by atoms with Gasteiger partial charge in [0.05, 0.1) is 30.2 Å². The summed E-state index contributed by atoms with van der Waals surface area (Å²) in [6.45, 7) is 4.11. The summed E-state index contributed by atoms with van der Waals surface area (Å²) in [5.41, 5.74) is 2.24. The van der Waals surface area contributed by atoms with Crippen LogP contribution in [0.1, 0.15) is 43.7 Å². The van der Waals surface area contributed by atoms with E-state index in [2.05, 4.69) is 6.92 Å². The lowest BCUT2D eigenvalue weighted by Gasteiger charge is -2.24. The van der Waals surface area contributed by atoms with Crippen LogP contribution in [0.2, 0.25) is 5.02 Å². The number of fused-ring (bicyclic) bond motifs is 2. The summed E-state index contributed by atoms with van der Waals surface area (Å²) in [6, 6.07) is 7.54. The summed E-state index contributed by atoms with van der Waals surface area (Å²) in [7, 11) is 0. The van der Waals surface area contributed by atoms with Crippen LogP contribution >= 0.6 is 22.9 Å². The minimum Gasteiger partial charge on any atom is -0.468 e. The molecule has 0 saturated heterocycles.